The number of para-hydroxylation sites is 1. The maximum absolute atomic E-state index is 13.1. The fourth-order valence-electron chi connectivity index (χ4n) is 2.41. The van der Waals surface area contributed by atoms with Crippen LogP contribution in [-0.4, -0.2) is 11.1 Å². The zero-order valence-electron chi connectivity index (χ0n) is 14.4. The number of nitrogens with zero attached hydrogens (tertiary/aromatic N) is 2. The Labute approximate surface area is 156 Å². The minimum atomic E-state index is -0.288. The normalized spacial score (nSPS) is 11.4. The van der Waals surface area contributed by atoms with E-state index in [4.69, 9.17) is 4.74 Å². The van der Waals surface area contributed by atoms with Crippen molar-refractivity contribution < 1.29 is 9.13 Å². The van der Waals surface area contributed by atoms with Crippen LogP contribution in [0.4, 0.5) is 4.39 Å². The molecule has 0 bridgehead atoms. The van der Waals surface area contributed by atoms with Gasteiger partial charge in [0.25, 0.3) is 0 Å². The van der Waals surface area contributed by atoms with Gasteiger partial charge in [-0.25, -0.2) is 9.37 Å². The lowest BCUT2D eigenvalue weighted by Crippen LogP contribution is -2.06. The zero-order valence-corrected chi connectivity index (χ0v) is 15.3. The molecule has 0 aliphatic rings. The average molecular weight is 364 g/mol. The van der Waals surface area contributed by atoms with Gasteiger partial charge in [0.2, 0.25) is 0 Å². The molecule has 0 aliphatic carbocycles. The molecule has 0 spiro atoms. The van der Waals surface area contributed by atoms with Crippen LogP contribution in [0.25, 0.3) is 22.9 Å². The number of hydrogen-bond donors (Lipinski definition) is 0. The lowest BCUT2D eigenvalue weighted by molar-refractivity contribution is 0.242. The number of hydrogen-bond acceptors (Lipinski definition) is 4. The SMILES string of the molecule is CC(C)Oc1ccccc1/C=C(\C#N)c1nc(-c2ccc(F)cc2)cs1. The topological polar surface area (TPSA) is 45.9 Å². The van der Waals surface area contributed by atoms with Gasteiger partial charge in [-0.1, -0.05) is 18.2 Å². The highest BCUT2D eigenvalue weighted by Gasteiger charge is 2.11. The van der Waals surface area contributed by atoms with E-state index in [9.17, 15) is 9.65 Å². The number of halogens is 1. The molecule has 5 heteroatoms. The van der Waals surface area contributed by atoms with Crippen molar-refractivity contribution in [3.05, 3.63) is 70.3 Å². The molecule has 1 heterocycles. The van der Waals surface area contributed by atoms with Crippen molar-refractivity contribution in [3.63, 3.8) is 0 Å². The van der Waals surface area contributed by atoms with Crippen molar-refractivity contribution in [2.75, 3.05) is 0 Å². The van der Waals surface area contributed by atoms with E-state index in [-0.39, 0.29) is 11.9 Å². The molecular formula is C21H17FN2OS. The van der Waals surface area contributed by atoms with Crippen LogP contribution >= 0.6 is 11.3 Å². The lowest BCUT2D eigenvalue weighted by atomic mass is 10.1. The van der Waals surface area contributed by atoms with Crippen molar-refractivity contribution in [3.8, 4) is 23.1 Å². The highest BCUT2D eigenvalue weighted by atomic mass is 32.1. The molecule has 3 rings (SSSR count). The third-order valence-electron chi connectivity index (χ3n) is 3.58. The van der Waals surface area contributed by atoms with E-state index in [2.05, 4.69) is 11.1 Å². The van der Waals surface area contributed by atoms with E-state index < -0.39 is 0 Å². The summed E-state index contributed by atoms with van der Waals surface area (Å²) in [6.07, 6.45) is 1.82. The Morgan fingerprint density at radius 3 is 2.62 bits per heavy atom. The van der Waals surface area contributed by atoms with Gasteiger partial charge >= 0.3 is 0 Å². The molecule has 0 amide bonds. The van der Waals surface area contributed by atoms with Crippen LogP contribution in [0.15, 0.2) is 53.9 Å². The minimum absolute atomic E-state index is 0.0417. The Balaban J connectivity index is 1.94. The quantitative estimate of drug-likeness (QED) is 0.537. The van der Waals surface area contributed by atoms with E-state index in [1.54, 1.807) is 18.2 Å². The molecule has 0 aliphatic heterocycles. The van der Waals surface area contributed by atoms with Gasteiger partial charge in [-0.3, -0.25) is 0 Å². The van der Waals surface area contributed by atoms with Crippen LogP contribution in [0, 0.1) is 17.1 Å². The third-order valence-corrected chi connectivity index (χ3v) is 4.45. The van der Waals surface area contributed by atoms with Gasteiger partial charge in [-0.2, -0.15) is 5.26 Å². The Hall–Kier alpha value is -2.97. The molecular weight excluding hydrogens is 347 g/mol. The fraction of sp³-hybridized carbons (Fsp3) is 0.143. The van der Waals surface area contributed by atoms with Gasteiger partial charge in [0.1, 0.15) is 22.6 Å². The van der Waals surface area contributed by atoms with Gasteiger partial charge < -0.3 is 4.74 Å². The average Bonchev–Trinajstić information content (AvgIpc) is 3.11. The van der Waals surface area contributed by atoms with Gasteiger partial charge in [0.15, 0.2) is 0 Å². The van der Waals surface area contributed by atoms with E-state index in [1.165, 1.54) is 23.5 Å². The maximum atomic E-state index is 13.1. The molecule has 0 fully saturated rings. The summed E-state index contributed by atoms with van der Waals surface area (Å²) in [5.41, 5.74) is 2.83. The first-order valence-electron chi connectivity index (χ1n) is 8.16. The summed E-state index contributed by atoms with van der Waals surface area (Å²) < 4.78 is 18.9. The van der Waals surface area contributed by atoms with Crippen molar-refractivity contribution in [2.24, 2.45) is 0 Å². The number of thiazole rings is 1. The van der Waals surface area contributed by atoms with E-state index in [1.807, 2.05) is 43.5 Å². The lowest BCUT2D eigenvalue weighted by Gasteiger charge is -2.12. The molecule has 0 atom stereocenters. The number of rotatable bonds is 5. The summed E-state index contributed by atoms with van der Waals surface area (Å²) in [5.74, 6) is 0.439. The fourth-order valence-corrected chi connectivity index (χ4v) is 3.20. The Kier molecular flexibility index (Phi) is 5.45. The highest BCUT2D eigenvalue weighted by Crippen LogP contribution is 2.29. The molecule has 2 aromatic carbocycles. The van der Waals surface area contributed by atoms with Crippen LogP contribution < -0.4 is 4.74 Å². The first-order chi connectivity index (χ1) is 12.6. The summed E-state index contributed by atoms with van der Waals surface area (Å²) in [4.78, 5) is 4.53. The predicted octanol–water partition coefficient (Wildman–Crippen LogP) is 5.80. The van der Waals surface area contributed by atoms with Crippen molar-refractivity contribution in [1.29, 1.82) is 5.26 Å². The second-order valence-corrected chi connectivity index (χ2v) is 6.78. The smallest absolute Gasteiger partial charge is 0.134 e. The van der Waals surface area contributed by atoms with Gasteiger partial charge in [0, 0.05) is 16.5 Å². The monoisotopic (exact) mass is 364 g/mol. The van der Waals surface area contributed by atoms with Gasteiger partial charge in [0.05, 0.1) is 17.4 Å². The molecule has 3 aromatic rings. The van der Waals surface area contributed by atoms with E-state index in [0.29, 0.717) is 10.6 Å². The summed E-state index contributed by atoms with van der Waals surface area (Å²) in [6, 6.07) is 16.0. The van der Waals surface area contributed by atoms with Crippen molar-refractivity contribution in [1.82, 2.24) is 4.98 Å². The second kappa shape index (κ2) is 7.94. The third kappa shape index (κ3) is 4.16. The molecule has 0 N–H and O–H groups in total. The number of allylic oxidation sites excluding steroid dienone is 1. The molecule has 0 saturated carbocycles. The van der Waals surface area contributed by atoms with Crippen molar-refractivity contribution >= 4 is 23.0 Å². The minimum Gasteiger partial charge on any atom is -0.490 e. The van der Waals surface area contributed by atoms with Crippen LogP contribution in [0.2, 0.25) is 0 Å². The Morgan fingerprint density at radius 2 is 1.92 bits per heavy atom. The van der Waals surface area contributed by atoms with Gasteiger partial charge in [-0.05, 0) is 50.3 Å². The molecule has 0 radical (unpaired) electrons. The molecule has 26 heavy (non-hydrogen) atoms. The van der Waals surface area contributed by atoms with Crippen LogP contribution in [0.1, 0.15) is 24.4 Å². The first-order valence-corrected chi connectivity index (χ1v) is 9.04. The molecule has 3 nitrogen and oxygen atoms in total. The van der Waals surface area contributed by atoms with Crippen LogP contribution in [0.5, 0.6) is 5.75 Å². The summed E-state index contributed by atoms with van der Waals surface area (Å²) in [5, 5.41) is 12.1. The van der Waals surface area contributed by atoms with Gasteiger partial charge in [-0.15, -0.1) is 11.3 Å². The van der Waals surface area contributed by atoms with Crippen LogP contribution in [-0.2, 0) is 0 Å². The summed E-state index contributed by atoms with van der Waals surface area (Å²) in [6.45, 7) is 3.92. The highest BCUT2D eigenvalue weighted by molar-refractivity contribution is 7.11. The molecule has 130 valence electrons. The standard InChI is InChI=1S/C21H17FN2OS/c1-14(2)25-20-6-4-3-5-16(20)11-17(12-23)21-24-19(13-26-21)15-7-9-18(22)10-8-15/h3-11,13-14H,1-2H3/b17-11+. The zero-order chi connectivity index (χ0) is 18.5. The molecule has 1 aromatic heterocycles. The summed E-state index contributed by atoms with van der Waals surface area (Å²) >= 11 is 1.38. The Morgan fingerprint density at radius 1 is 1.19 bits per heavy atom. The summed E-state index contributed by atoms with van der Waals surface area (Å²) in [7, 11) is 0. The molecule has 0 saturated heterocycles. The van der Waals surface area contributed by atoms with Crippen molar-refractivity contribution in [2.45, 2.75) is 20.0 Å². The second-order valence-electron chi connectivity index (χ2n) is 5.92. The number of nitriles is 1. The maximum Gasteiger partial charge on any atom is 0.134 e. The van der Waals surface area contributed by atoms with Crippen LogP contribution in [0.3, 0.4) is 0 Å². The largest absolute Gasteiger partial charge is 0.490 e. The first kappa shape index (κ1) is 17.8. The number of ether oxygens (including phenoxy) is 1. The predicted molar refractivity (Wildman–Crippen MR) is 103 cm³/mol. The number of benzene rings is 2. The van der Waals surface area contributed by atoms with E-state index in [0.717, 1.165) is 22.6 Å². The number of aromatic nitrogens is 1. The van der Waals surface area contributed by atoms with E-state index >= 15 is 0 Å². The Bertz CT molecular complexity index is 968. The molecule has 0 unspecified atom stereocenters.